The molecule has 0 aromatic carbocycles. The summed E-state index contributed by atoms with van der Waals surface area (Å²) < 4.78 is 1.07. The average Bonchev–Trinajstić information content (AvgIpc) is 2.54. The van der Waals surface area contributed by atoms with Crippen LogP contribution in [-0.4, -0.2) is 18.1 Å². The van der Waals surface area contributed by atoms with Crippen LogP contribution in [0, 0.1) is 5.92 Å². The first-order chi connectivity index (χ1) is 7.79. The van der Waals surface area contributed by atoms with Crippen LogP contribution in [0.15, 0.2) is 22.9 Å². The van der Waals surface area contributed by atoms with Gasteiger partial charge in [0.05, 0.1) is 11.9 Å². The van der Waals surface area contributed by atoms with E-state index in [-0.39, 0.29) is 0 Å². The predicted octanol–water partition coefficient (Wildman–Crippen LogP) is 3.86. The molecular weight excluding hydrogens is 264 g/mol. The fourth-order valence-electron chi connectivity index (χ4n) is 2.41. The Kier molecular flexibility index (Phi) is 4.22. The number of anilines is 1. The van der Waals surface area contributed by atoms with E-state index in [0.717, 1.165) is 10.4 Å². The zero-order valence-electron chi connectivity index (χ0n) is 9.82. The van der Waals surface area contributed by atoms with Gasteiger partial charge in [0.1, 0.15) is 0 Å². The van der Waals surface area contributed by atoms with Gasteiger partial charge in [0.25, 0.3) is 0 Å². The minimum atomic E-state index is 0.921. The summed E-state index contributed by atoms with van der Waals surface area (Å²) in [4.78, 5) is 6.71. The van der Waals surface area contributed by atoms with Crippen LogP contribution in [0.5, 0.6) is 0 Å². The van der Waals surface area contributed by atoms with E-state index in [2.05, 4.69) is 38.8 Å². The van der Waals surface area contributed by atoms with E-state index in [9.17, 15) is 0 Å². The van der Waals surface area contributed by atoms with Gasteiger partial charge in [-0.2, -0.15) is 0 Å². The van der Waals surface area contributed by atoms with Gasteiger partial charge in [0.2, 0.25) is 0 Å². The third kappa shape index (κ3) is 2.97. The molecule has 0 aliphatic carbocycles. The van der Waals surface area contributed by atoms with Gasteiger partial charge in [-0.15, -0.1) is 0 Å². The van der Waals surface area contributed by atoms with Crippen molar-refractivity contribution in [2.45, 2.75) is 32.6 Å². The van der Waals surface area contributed by atoms with Crippen LogP contribution in [0.2, 0.25) is 0 Å². The standard InChI is InChI=1S/C13H19BrN2/c1-2-11-4-3-6-16(7-5-11)13-8-12(14)9-15-10-13/h8-11H,2-7H2,1H3. The van der Waals surface area contributed by atoms with Crippen LogP contribution < -0.4 is 4.90 Å². The zero-order chi connectivity index (χ0) is 11.4. The number of nitrogens with zero attached hydrogens (tertiary/aromatic N) is 2. The highest BCUT2D eigenvalue weighted by molar-refractivity contribution is 9.10. The molecule has 16 heavy (non-hydrogen) atoms. The summed E-state index contributed by atoms with van der Waals surface area (Å²) in [6.45, 7) is 4.66. The molecule has 0 bridgehead atoms. The highest BCUT2D eigenvalue weighted by atomic mass is 79.9. The quantitative estimate of drug-likeness (QED) is 0.819. The average molecular weight is 283 g/mol. The molecule has 1 aliphatic rings. The summed E-state index contributed by atoms with van der Waals surface area (Å²) in [5.74, 6) is 0.921. The maximum atomic E-state index is 4.24. The van der Waals surface area contributed by atoms with E-state index < -0.39 is 0 Å². The van der Waals surface area contributed by atoms with Crippen molar-refractivity contribution in [3.8, 4) is 0 Å². The minimum absolute atomic E-state index is 0.921. The first kappa shape index (κ1) is 11.9. The first-order valence-corrected chi connectivity index (χ1v) is 6.94. The molecule has 1 saturated heterocycles. The van der Waals surface area contributed by atoms with Gasteiger partial charge in [-0.25, -0.2) is 0 Å². The van der Waals surface area contributed by atoms with Gasteiger partial charge in [0, 0.05) is 23.8 Å². The predicted molar refractivity (Wildman–Crippen MR) is 71.8 cm³/mol. The Balaban J connectivity index is 2.04. The molecule has 1 aromatic rings. The van der Waals surface area contributed by atoms with E-state index in [0.29, 0.717) is 0 Å². The highest BCUT2D eigenvalue weighted by Crippen LogP contribution is 2.25. The molecule has 0 radical (unpaired) electrons. The van der Waals surface area contributed by atoms with Crippen LogP contribution >= 0.6 is 15.9 Å². The lowest BCUT2D eigenvalue weighted by Crippen LogP contribution is -2.24. The molecule has 88 valence electrons. The van der Waals surface area contributed by atoms with Gasteiger partial charge in [-0.05, 0) is 47.2 Å². The molecule has 1 atom stereocenters. The second-order valence-electron chi connectivity index (χ2n) is 4.55. The summed E-state index contributed by atoms with van der Waals surface area (Å²) >= 11 is 3.48. The van der Waals surface area contributed by atoms with Crippen molar-refractivity contribution in [3.05, 3.63) is 22.9 Å². The molecular formula is C13H19BrN2. The molecule has 0 spiro atoms. The number of halogens is 1. The Labute approximate surface area is 106 Å². The van der Waals surface area contributed by atoms with E-state index >= 15 is 0 Å². The van der Waals surface area contributed by atoms with Crippen molar-refractivity contribution in [2.24, 2.45) is 5.92 Å². The van der Waals surface area contributed by atoms with E-state index in [4.69, 9.17) is 0 Å². The van der Waals surface area contributed by atoms with Gasteiger partial charge >= 0.3 is 0 Å². The molecule has 2 nitrogen and oxygen atoms in total. The van der Waals surface area contributed by atoms with Gasteiger partial charge in [0.15, 0.2) is 0 Å². The molecule has 2 rings (SSSR count). The van der Waals surface area contributed by atoms with Crippen LogP contribution in [0.4, 0.5) is 5.69 Å². The zero-order valence-corrected chi connectivity index (χ0v) is 11.4. The fourth-order valence-corrected chi connectivity index (χ4v) is 2.76. The van der Waals surface area contributed by atoms with Crippen molar-refractivity contribution in [3.63, 3.8) is 0 Å². The first-order valence-electron chi connectivity index (χ1n) is 6.15. The topological polar surface area (TPSA) is 16.1 Å². The molecule has 0 N–H and O–H groups in total. The number of hydrogen-bond donors (Lipinski definition) is 0. The molecule has 3 heteroatoms. The van der Waals surface area contributed by atoms with E-state index in [1.54, 1.807) is 0 Å². The highest BCUT2D eigenvalue weighted by Gasteiger charge is 2.16. The maximum absolute atomic E-state index is 4.24. The van der Waals surface area contributed by atoms with Crippen molar-refractivity contribution >= 4 is 21.6 Å². The van der Waals surface area contributed by atoms with Crippen LogP contribution in [-0.2, 0) is 0 Å². The molecule has 2 heterocycles. The lowest BCUT2D eigenvalue weighted by Gasteiger charge is -2.22. The summed E-state index contributed by atoms with van der Waals surface area (Å²) in [6, 6.07) is 2.17. The second-order valence-corrected chi connectivity index (χ2v) is 5.47. The minimum Gasteiger partial charge on any atom is -0.370 e. The van der Waals surface area contributed by atoms with Crippen LogP contribution in [0.1, 0.15) is 32.6 Å². The largest absolute Gasteiger partial charge is 0.370 e. The third-order valence-electron chi connectivity index (χ3n) is 3.48. The molecule has 1 fully saturated rings. The Bertz CT molecular complexity index is 340. The van der Waals surface area contributed by atoms with E-state index in [1.165, 1.54) is 44.5 Å². The Morgan fingerprint density at radius 3 is 3.00 bits per heavy atom. The fraction of sp³-hybridized carbons (Fsp3) is 0.615. The summed E-state index contributed by atoms with van der Waals surface area (Å²) in [7, 11) is 0. The third-order valence-corrected chi connectivity index (χ3v) is 3.91. The Hall–Kier alpha value is -0.570. The van der Waals surface area contributed by atoms with Crippen LogP contribution in [0.25, 0.3) is 0 Å². The summed E-state index contributed by atoms with van der Waals surface area (Å²) in [5.41, 5.74) is 1.26. The van der Waals surface area contributed by atoms with Crippen molar-refractivity contribution in [2.75, 3.05) is 18.0 Å². The monoisotopic (exact) mass is 282 g/mol. The molecule has 1 aliphatic heterocycles. The Morgan fingerprint density at radius 2 is 2.25 bits per heavy atom. The number of hydrogen-bond acceptors (Lipinski definition) is 2. The SMILES string of the molecule is CCC1CCCN(c2cncc(Br)c2)CC1. The van der Waals surface area contributed by atoms with Crippen molar-refractivity contribution in [1.29, 1.82) is 0 Å². The molecule has 1 aromatic heterocycles. The van der Waals surface area contributed by atoms with Gasteiger partial charge in [-0.3, -0.25) is 4.98 Å². The maximum Gasteiger partial charge on any atom is 0.0564 e. The van der Waals surface area contributed by atoms with Gasteiger partial charge in [-0.1, -0.05) is 13.3 Å². The van der Waals surface area contributed by atoms with Gasteiger partial charge < -0.3 is 4.90 Å². The number of aromatic nitrogens is 1. The summed E-state index contributed by atoms with van der Waals surface area (Å²) in [5, 5.41) is 0. The number of pyridine rings is 1. The smallest absolute Gasteiger partial charge is 0.0564 e. The lowest BCUT2D eigenvalue weighted by atomic mass is 9.98. The number of rotatable bonds is 2. The summed E-state index contributed by atoms with van der Waals surface area (Å²) in [6.07, 6.45) is 9.15. The second kappa shape index (κ2) is 5.67. The normalized spacial score (nSPS) is 21.9. The molecule has 0 amide bonds. The van der Waals surface area contributed by atoms with E-state index in [1.807, 2.05) is 12.4 Å². The Morgan fingerprint density at radius 1 is 1.38 bits per heavy atom. The van der Waals surface area contributed by atoms with Crippen LogP contribution in [0.3, 0.4) is 0 Å². The van der Waals surface area contributed by atoms with Crippen molar-refractivity contribution < 1.29 is 0 Å². The lowest BCUT2D eigenvalue weighted by molar-refractivity contribution is 0.459. The molecule has 0 saturated carbocycles. The van der Waals surface area contributed by atoms with Crippen molar-refractivity contribution in [1.82, 2.24) is 4.98 Å². The molecule has 1 unspecified atom stereocenters.